The van der Waals surface area contributed by atoms with Gasteiger partial charge in [0.1, 0.15) is 0 Å². The van der Waals surface area contributed by atoms with Crippen LogP contribution in [0.15, 0.2) is 0 Å². The lowest BCUT2D eigenvalue weighted by Crippen LogP contribution is -2.63. The summed E-state index contributed by atoms with van der Waals surface area (Å²) in [7, 11) is 0. The van der Waals surface area contributed by atoms with Crippen LogP contribution in [0.2, 0.25) is 0 Å². The molecule has 100 valence electrons. The van der Waals surface area contributed by atoms with E-state index in [1.54, 1.807) is 0 Å². The van der Waals surface area contributed by atoms with Gasteiger partial charge < -0.3 is 10.6 Å². The van der Waals surface area contributed by atoms with Crippen LogP contribution in [0.3, 0.4) is 0 Å². The van der Waals surface area contributed by atoms with Crippen LogP contribution in [-0.4, -0.2) is 35.1 Å². The van der Waals surface area contributed by atoms with Crippen molar-refractivity contribution >= 4 is 5.91 Å². The first-order chi connectivity index (χ1) is 7.57. The fraction of sp³-hybridized carbons (Fsp3) is 0.909. The van der Waals surface area contributed by atoms with Crippen molar-refractivity contribution in [3.63, 3.8) is 0 Å². The highest BCUT2D eigenvalue weighted by atomic mass is 19.4. The molecule has 0 aromatic heterocycles. The van der Waals surface area contributed by atoms with Gasteiger partial charge in [-0.2, -0.15) is 13.2 Å². The van der Waals surface area contributed by atoms with E-state index in [9.17, 15) is 18.0 Å². The summed E-state index contributed by atoms with van der Waals surface area (Å²) >= 11 is 0. The molecule has 1 aliphatic carbocycles. The Labute approximate surface area is 99.1 Å². The normalized spacial score (nSPS) is 20.2. The number of halogens is 3. The molecule has 1 rings (SSSR count). The zero-order valence-electron chi connectivity index (χ0n) is 10.3. The largest absolute Gasteiger partial charge is 0.415 e. The fourth-order valence-corrected chi connectivity index (χ4v) is 1.60. The summed E-state index contributed by atoms with van der Waals surface area (Å²) in [5.74, 6) is -0.884. The maximum Gasteiger partial charge on any atom is 0.415 e. The molecule has 6 heteroatoms. The molecule has 1 aliphatic rings. The quantitative estimate of drug-likeness (QED) is 0.830. The molecule has 2 N–H and O–H groups in total. The molecule has 0 bridgehead atoms. The molecule has 0 saturated heterocycles. The summed E-state index contributed by atoms with van der Waals surface area (Å²) in [5.41, 5.74) is 2.38. The van der Waals surface area contributed by atoms with Gasteiger partial charge in [-0.1, -0.05) is 13.8 Å². The summed E-state index contributed by atoms with van der Waals surface area (Å²) in [6.45, 7) is 4.80. The first-order valence-electron chi connectivity index (χ1n) is 5.74. The van der Waals surface area contributed by atoms with Crippen molar-refractivity contribution < 1.29 is 18.0 Å². The van der Waals surface area contributed by atoms with Crippen molar-refractivity contribution in [2.45, 2.75) is 51.4 Å². The number of hydrogen-bond acceptors (Lipinski definition) is 2. The molecule has 0 aliphatic heterocycles. The van der Waals surface area contributed by atoms with E-state index in [1.807, 2.05) is 13.8 Å². The Bertz CT molecular complexity index is 296. The summed E-state index contributed by atoms with van der Waals surface area (Å²) in [4.78, 5) is 13.2. The Kier molecular flexibility index (Phi) is 3.76. The average molecular weight is 252 g/mol. The predicted molar refractivity (Wildman–Crippen MR) is 58.2 cm³/mol. The second-order valence-electron chi connectivity index (χ2n) is 5.28. The molecule has 3 nitrogen and oxygen atoms in total. The fourth-order valence-electron chi connectivity index (χ4n) is 1.60. The van der Waals surface area contributed by atoms with E-state index in [-0.39, 0.29) is 12.0 Å². The topological polar surface area (TPSA) is 46.3 Å². The lowest BCUT2D eigenvalue weighted by Gasteiger charge is -2.34. The second kappa shape index (κ2) is 4.48. The molecule has 0 spiro atoms. The molecule has 1 fully saturated rings. The first kappa shape index (κ1) is 14.3. The van der Waals surface area contributed by atoms with E-state index in [1.165, 1.54) is 4.90 Å². The van der Waals surface area contributed by atoms with E-state index in [2.05, 4.69) is 0 Å². The smallest absolute Gasteiger partial charge is 0.338 e. The van der Waals surface area contributed by atoms with Gasteiger partial charge in [0.15, 0.2) is 5.54 Å². The van der Waals surface area contributed by atoms with Gasteiger partial charge in [-0.3, -0.25) is 4.79 Å². The number of alkyl halides is 3. The van der Waals surface area contributed by atoms with Gasteiger partial charge in [0.2, 0.25) is 0 Å². The van der Waals surface area contributed by atoms with Gasteiger partial charge in [-0.15, -0.1) is 0 Å². The molecule has 0 heterocycles. The number of carbonyl (C=O) groups is 1. The molecular formula is C11H19F3N2O. The Morgan fingerprint density at radius 2 is 1.88 bits per heavy atom. The number of nitrogens with two attached hydrogens (primary N) is 1. The minimum absolute atomic E-state index is 0.0601. The van der Waals surface area contributed by atoms with Crippen molar-refractivity contribution in [1.82, 2.24) is 4.90 Å². The number of amides is 1. The minimum atomic E-state index is -4.71. The van der Waals surface area contributed by atoms with Crippen molar-refractivity contribution in [2.75, 3.05) is 6.54 Å². The summed E-state index contributed by atoms with van der Waals surface area (Å²) in [6.07, 6.45) is -3.17. The van der Waals surface area contributed by atoms with Crippen LogP contribution in [0.1, 0.15) is 33.6 Å². The van der Waals surface area contributed by atoms with Crippen molar-refractivity contribution in [1.29, 1.82) is 0 Å². The third kappa shape index (κ3) is 3.12. The van der Waals surface area contributed by atoms with Crippen LogP contribution in [-0.2, 0) is 4.79 Å². The highest BCUT2D eigenvalue weighted by Crippen LogP contribution is 2.34. The molecule has 1 amide bonds. The van der Waals surface area contributed by atoms with Crippen molar-refractivity contribution in [2.24, 2.45) is 11.7 Å². The number of nitrogens with zero attached hydrogens (tertiary/aromatic N) is 1. The van der Waals surface area contributed by atoms with Crippen LogP contribution in [0, 0.1) is 5.92 Å². The predicted octanol–water partition coefficient (Wildman–Crippen LogP) is 1.91. The molecule has 0 aromatic carbocycles. The molecule has 0 aromatic rings. The van der Waals surface area contributed by atoms with Crippen molar-refractivity contribution in [3.05, 3.63) is 0 Å². The van der Waals surface area contributed by atoms with Gasteiger partial charge >= 0.3 is 6.18 Å². The van der Waals surface area contributed by atoms with Gasteiger partial charge in [-0.05, 0) is 25.7 Å². The van der Waals surface area contributed by atoms with Gasteiger partial charge in [0, 0.05) is 12.6 Å². The van der Waals surface area contributed by atoms with Crippen LogP contribution >= 0.6 is 0 Å². The van der Waals surface area contributed by atoms with E-state index >= 15 is 0 Å². The highest BCUT2D eigenvalue weighted by Gasteiger charge is 2.56. The standard InChI is InChI=1S/C11H19F3N2O/c1-7(2)6-16(8-4-5-8)9(17)10(3,15)11(12,13)14/h7-8H,4-6,15H2,1-3H3. The summed E-state index contributed by atoms with van der Waals surface area (Å²) < 4.78 is 38.1. The van der Waals surface area contributed by atoms with Crippen LogP contribution in [0.5, 0.6) is 0 Å². The van der Waals surface area contributed by atoms with E-state index in [0.29, 0.717) is 6.54 Å². The highest BCUT2D eigenvalue weighted by molar-refractivity contribution is 5.87. The maximum absolute atomic E-state index is 12.7. The van der Waals surface area contributed by atoms with Crippen molar-refractivity contribution in [3.8, 4) is 0 Å². The maximum atomic E-state index is 12.7. The summed E-state index contributed by atoms with van der Waals surface area (Å²) in [6, 6.07) is -0.0601. The Hall–Kier alpha value is -0.780. The number of hydrogen-bond donors (Lipinski definition) is 1. The number of rotatable bonds is 4. The van der Waals surface area contributed by atoms with Gasteiger partial charge in [0.25, 0.3) is 5.91 Å². The minimum Gasteiger partial charge on any atom is -0.338 e. The van der Waals surface area contributed by atoms with E-state index in [0.717, 1.165) is 19.8 Å². The molecule has 1 saturated carbocycles. The molecule has 1 atom stereocenters. The monoisotopic (exact) mass is 252 g/mol. The molecule has 17 heavy (non-hydrogen) atoms. The number of carbonyl (C=O) groups excluding carboxylic acids is 1. The molecule has 0 radical (unpaired) electrons. The first-order valence-corrected chi connectivity index (χ1v) is 5.74. The molecular weight excluding hydrogens is 233 g/mol. The van der Waals surface area contributed by atoms with E-state index < -0.39 is 17.6 Å². The lowest BCUT2D eigenvalue weighted by atomic mass is 10.0. The third-order valence-corrected chi connectivity index (χ3v) is 2.84. The van der Waals surface area contributed by atoms with E-state index in [4.69, 9.17) is 5.73 Å². The SMILES string of the molecule is CC(C)CN(C(=O)C(C)(N)C(F)(F)F)C1CC1. The van der Waals surface area contributed by atoms with Crippen LogP contribution in [0.4, 0.5) is 13.2 Å². The van der Waals surface area contributed by atoms with Gasteiger partial charge in [0.05, 0.1) is 0 Å². The average Bonchev–Trinajstić information content (AvgIpc) is 2.93. The van der Waals surface area contributed by atoms with Gasteiger partial charge in [-0.25, -0.2) is 0 Å². The van der Waals surface area contributed by atoms with Crippen LogP contribution in [0.25, 0.3) is 0 Å². The Morgan fingerprint density at radius 1 is 1.41 bits per heavy atom. The zero-order chi connectivity index (χ0) is 13.4. The second-order valence-corrected chi connectivity index (χ2v) is 5.28. The Morgan fingerprint density at radius 3 is 2.18 bits per heavy atom. The third-order valence-electron chi connectivity index (χ3n) is 2.84. The lowest BCUT2D eigenvalue weighted by molar-refractivity contribution is -0.194. The molecule has 1 unspecified atom stereocenters. The Balaban J connectivity index is 2.84. The summed E-state index contributed by atoms with van der Waals surface area (Å²) in [5, 5.41) is 0. The zero-order valence-corrected chi connectivity index (χ0v) is 10.3. The van der Waals surface area contributed by atoms with Crippen LogP contribution < -0.4 is 5.73 Å².